The van der Waals surface area contributed by atoms with Crippen molar-refractivity contribution in [2.75, 3.05) is 6.54 Å². The molecular formula is C21H20ClF4N3O3. The molecule has 4 rings (SSSR count). The number of hydrogen-bond acceptors (Lipinski definition) is 4. The molecule has 3 heterocycles. The van der Waals surface area contributed by atoms with E-state index in [2.05, 4.69) is 9.88 Å². The van der Waals surface area contributed by atoms with E-state index >= 15 is 0 Å². The van der Waals surface area contributed by atoms with Crippen LogP contribution in [0.3, 0.4) is 0 Å². The normalized spacial score (nSPS) is 20.7. The van der Waals surface area contributed by atoms with Crippen molar-refractivity contribution in [3.63, 3.8) is 0 Å². The van der Waals surface area contributed by atoms with Crippen LogP contribution in [0.4, 0.5) is 17.6 Å². The number of carboxylic acid groups (broad SMARTS) is 1. The Balaban J connectivity index is 0.000000360. The van der Waals surface area contributed by atoms with Gasteiger partial charge in [-0.15, -0.1) is 0 Å². The molecule has 0 aliphatic carbocycles. The second kappa shape index (κ2) is 9.83. The molecule has 2 atom stereocenters. The van der Waals surface area contributed by atoms with Gasteiger partial charge in [0.15, 0.2) is 0 Å². The highest BCUT2D eigenvalue weighted by atomic mass is 35.5. The third-order valence-electron chi connectivity index (χ3n) is 5.42. The fourth-order valence-electron chi connectivity index (χ4n) is 3.94. The summed E-state index contributed by atoms with van der Waals surface area (Å²) in [4.78, 5) is 30.1. The summed E-state index contributed by atoms with van der Waals surface area (Å²) in [6, 6.07) is 10.7. The zero-order chi connectivity index (χ0) is 23.5. The largest absolute Gasteiger partial charge is 0.490 e. The van der Waals surface area contributed by atoms with Gasteiger partial charge in [0, 0.05) is 49.4 Å². The molecule has 2 aliphatic rings. The lowest BCUT2D eigenvalue weighted by atomic mass is 10.1. The zero-order valence-electron chi connectivity index (χ0n) is 16.7. The number of nitrogens with zero attached hydrogens (tertiary/aromatic N) is 3. The number of likely N-dealkylation sites (tertiary alicyclic amines) is 2. The molecule has 0 unspecified atom stereocenters. The number of hydrogen-bond donors (Lipinski definition) is 1. The van der Waals surface area contributed by atoms with E-state index in [1.807, 2.05) is 23.1 Å². The van der Waals surface area contributed by atoms with Gasteiger partial charge in [0.1, 0.15) is 5.82 Å². The topological polar surface area (TPSA) is 73.7 Å². The second-order valence-corrected chi connectivity index (χ2v) is 7.89. The van der Waals surface area contributed by atoms with Crippen molar-refractivity contribution in [1.29, 1.82) is 0 Å². The standard InChI is InChI=1S/C19H19ClFN3O.C2HF3O2/c20-16-9-14(21)5-4-13(16)11-24-17-6-8-23(18(17)10-19(24)25)12-15-3-1-2-7-22-15;3-2(4,5)1(6)7/h1-5,7,9,17-18H,6,8,10-12H2;(H,6,7)/t17-,18-;/m0./s1. The maximum Gasteiger partial charge on any atom is 0.490 e. The summed E-state index contributed by atoms with van der Waals surface area (Å²) < 4.78 is 45.0. The SMILES string of the molecule is O=C(O)C(F)(F)F.O=C1C[C@H]2[C@H](CCN2Cc2ccccn2)N1Cc1ccc(F)cc1Cl. The molecule has 2 fully saturated rings. The lowest BCUT2D eigenvalue weighted by Gasteiger charge is -2.25. The highest BCUT2D eigenvalue weighted by Crippen LogP contribution is 2.35. The van der Waals surface area contributed by atoms with Crippen LogP contribution in [0, 0.1) is 5.82 Å². The maximum atomic E-state index is 13.2. The number of amides is 1. The lowest BCUT2D eigenvalue weighted by molar-refractivity contribution is -0.192. The lowest BCUT2D eigenvalue weighted by Crippen LogP contribution is -2.36. The van der Waals surface area contributed by atoms with Gasteiger partial charge in [-0.1, -0.05) is 23.7 Å². The summed E-state index contributed by atoms with van der Waals surface area (Å²) >= 11 is 6.14. The van der Waals surface area contributed by atoms with Gasteiger partial charge in [-0.2, -0.15) is 13.2 Å². The Morgan fingerprint density at radius 3 is 2.50 bits per heavy atom. The van der Waals surface area contributed by atoms with Crippen molar-refractivity contribution in [3.05, 3.63) is 64.7 Å². The molecule has 0 bridgehead atoms. The van der Waals surface area contributed by atoms with E-state index in [1.54, 1.807) is 12.3 Å². The molecule has 2 aliphatic heterocycles. The van der Waals surface area contributed by atoms with Gasteiger partial charge >= 0.3 is 12.1 Å². The van der Waals surface area contributed by atoms with E-state index in [-0.39, 0.29) is 23.8 Å². The number of carbonyl (C=O) groups is 2. The van der Waals surface area contributed by atoms with Crippen LogP contribution >= 0.6 is 11.6 Å². The first-order chi connectivity index (χ1) is 15.1. The van der Waals surface area contributed by atoms with Crippen molar-refractivity contribution in [2.24, 2.45) is 0 Å². The Morgan fingerprint density at radius 2 is 1.91 bits per heavy atom. The molecule has 1 amide bonds. The molecule has 11 heteroatoms. The zero-order valence-corrected chi connectivity index (χ0v) is 17.5. The van der Waals surface area contributed by atoms with Crippen LogP contribution < -0.4 is 0 Å². The fourth-order valence-corrected chi connectivity index (χ4v) is 4.17. The summed E-state index contributed by atoms with van der Waals surface area (Å²) in [5.41, 5.74) is 1.82. The summed E-state index contributed by atoms with van der Waals surface area (Å²) in [6.45, 7) is 2.16. The van der Waals surface area contributed by atoms with Gasteiger partial charge in [-0.25, -0.2) is 9.18 Å². The molecular weight excluding hydrogens is 454 g/mol. The van der Waals surface area contributed by atoms with Gasteiger partial charge in [0.25, 0.3) is 0 Å². The van der Waals surface area contributed by atoms with Gasteiger partial charge in [-0.05, 0) is 36.2 Å². The summed E-state index contributed by atoms with van der Waals surface area (Å²) in [6.07, 6.45) is -1.82. The van der Waals surface area contributed by atoms with E-state index < -0.39 is 12.1 Å². The van der Waals surface area contributed by atoms with E-state index in [0.29, 0.717) is 18.0 Å². The highest BCUT2D eigenvalue weighted by Gasteiger charge is 2.46. The molecule has 6 nitrogen and oxygen atoms in total. The summed E-state index contributed by atoms with van der Waals surface area (Å²) in [5.74, 6) is -2.98. The first kappa shape index (κ1) is 23.9. The van der Waals surface area contributed by atoms with Gasteiger partial charge in [0.2, 0.25) is 5.91 Å². The molecule has 1 N–H and O–H groups in total. The molecule has 0 radical (unpaired) electrons. The Bertz CT molecular complexity index is 975. The number of rotatable bonds is 4. The van der Waals surface area contributed by atoms with Crippen molar-refractivity contribution >= 4 is 23.5 Å². The number of pyridine rings is 1. The fraction of sp³-hybridized carbons (Fsp3) is 0.381. The minimum absolute atomic E-state index is 0.140. The molecule has 1 aromatic carbocycles. The van der Waals surface area contributed by atoms with Crippen LogP contribution in [-0.4, -0.2) is 56.6 Å². The minimum Gasteiger partial charge on any atom is -0.475 e. The average molecular weight is 474 g/mol. The number of halogens is 5. The summed E-state index contributed by atoms with van der Waals surface area (Å²) in [5, 5.41) is 7.50. The van der Waals surface area contributed by atoms with Crippen molar-refractivity contribution in [2.45, 2.75) is 44.2 Å². The third kappa shape index (κ3) is 5.74. The van der Waals surface area contributed by atoms with Crippen molar-refractivity contribution in [1.82, 2.24) is 14.8 Å². The number of fused-ring (bicyclic) bond motifs is 1. The summed E-state index contributed by atoms with van der Waals surface area (Å²) in [7, 11) is 0. The predicted molar refractivity (Wildman–Crippen MR) is 107 cm³/mol. The van der Waals surface area contributed by atoms with Gasteiger partial charge in [0.05, 0.1) is 5.69 Å². The molecule has 172 valence electrons. The Hall–Kier alpha value is -2.72. The van der Waals surface area contributed by atoms with Gasteiger partial charge < -0.3 is 10.0 Å². The number of benzene rings is 1. The molecule has 2 aromatic rings. The number of alkyl halides is 3. The molecule has 1 aromatic heterocycles. The van der Waals surface area contributed by atoms with Gasteiger partial charge in [-0.3, -0.25) is 14.7 Å². The average Bonchev–Trinajstić information content (AvgIpc) is 3.24. The quantitative estimate of drug-likeness (QED) is 0.682. The van der Waals surface area contributed by atoms with Crippen molar-refractivity contribution < 1.29 is 32.3 Å². The van der Waals surface area contributed by atoms with E-state index in [4.69, 9.17) is 21.5 Å². The number of aromatic nitrogens is 1. The van der Waals surface area contributed by atoms with Crippen LogP contribution in [0.5, 0.6) is 0 Å². The first-order valence-electron chi connectivity index (χ1n) is 9.73. The minimum atomic E-state index is -5.08. The molecule has 0 saturated carbocycles. The Labute approximate surface area is 186 Å². The monoisotopic (exact) mass is 473 g/mol. The number of carboxylic acids is 1. The highest BCUT2D eigenvalue weighted by molar-refractivity contribution is 6.31. The Kier molecular flexibility index (Phi) is 7.35. The maximum absolute atomic E-state index is 13.2. The number of aliphatic carboxylic acids is 1. The van der Waals surface area contributed by atoms with Crippen LogP contribution in [-0.2, 0) is 22.7 Å². The molecule has 2 saturated heterocycles. The second-order valence-electron chi connectivity index (χ2n) is 7.48. The van der Waals surface area contributed by atoms with Crippen LogP contribution in [0.15, 0.2) is 42.6 Å². The van der Waals surface area contributed by atoms with E-state index in [9.17, 15) is 22.4 Å². The third-order valence-corrected chi connectivity index (χ3v) is 5.77. The van der Waals surface area contributed by atoms with Crippen LogP contribution in [0.2, 0.25) is 5.02 Å². The molecule has 0 spiro atoms. The first-order valence-corrected chi connectivity index (χ1v) is 10.1. The molecule has 32 heavy (non-hydrogen) atoms. The number of carbonyl (C=O) groups excluding carboxylic acids is 1. The van der Waals surface area contributed by atoms with Crippen molar-refractivity contribution in [3.8, 4) is 0 Å². The predicted octanol–water partition coefficient (Wildman–Crippen LogP) is 3.88. The Morgan fingerprint density at radius 1 is 1.19 bits per heavy atom. The van der Waals surface area contributed by atoms with E-state index in [1.165, 1.54) is 12.1 Å². The van der Waals surface area contributed by atoms with E-state index in [0.717, 1.165) is 30.8 Å². The van der Waals surface area contributed by atoms with Crippen LogP contribution in [0.1, 0.15) is 24.1 Å². The van der Waals surface area contributed by atoms with Crippen LogP contribution in [0.25, 0.3) is 0 Å². The smallest absolute Gasteiger partial charge is 0.475 e.